The fourth-order valence-corrected chi connectivity index (χ4v) is 4.53. The fraction of sp³-hybridized carbons (Fsp3) is 0.562. The molecule has 40 heavy (non-hydrogen) atoms. The Morgan fingerprint density at radius 3 is 1.50 bits per heavy atom. The van der Waals surface area contributed by atoms with Crippen LogP contribution in [0.25, 0.3) is 0 Å². The quantitative estimate of drug-likeness (QED) is 0.123. The van der Waals surface area contributed by atoms with E-state index in [0.717, 1.165) is 28.7 Å². The summed E-state index contributed by atoms with van der Waals surface area (Å²) in [5.41, 5.74) is 1.68. The summed E-state index contributed by atoms with van der Waals surface area (Å²) in [4.78, 5) is 33.7. The third-order valence-corrected chi connectivity index (χ3v) is 7.30. The Bertz CT molecular complexity index is 1070. The maximum Gasteiger partial charge on any atom is 0.306 e. The van der Waals surface area contributed by atoms with E-state index in [-0.39, 0.29) is 30.6 Å². The first-order valence-corrected chi connectivity index (χ1v) is 13.8. The van der Waals surface area contributed by atoms with E-state index < -0.39 is 11.2 Å². The fourth-order valence-electron chi connectivity index (χ4n) is 4.53. The molecule has 0 aliphatic carbocycles. The average molecular weight is 559 g/mol. The third kappa shape index (κ3) is 11.0. The molecule has 0 aliphatic rings. The highest BCUT2D eigenvalue weighted by molar-refractivity contribution is 5.69. The predicted octanol–water partition coefficient (Wildman–Crippen LogP) is 7.54. The van der Waals surface area contributed by atoms with E-state index in [4.69, 9.17) is 20.0 Å². The number of hydrogen-bond acceptors (Lipinski definition) is 8. The van der Waals surface area contributed by atoms with Gasteiger partial charge in [-0.25, -0.2) is 9.78 Å². The normalized spacial score (nSPS) is 13.1. The van der Waals surface area contributed by atoms with Crippen molar-refractivity contribution in [2.45, 2.75) is 105 Å². The molecule has 1 unspecified atom stereocenters. The van der Waals surface area contributed by atoms with Crippen molar-refractivity contribution in [3.05, 3.63) is 70.8 Å². The lowest BCUT2D eigenvalue weighted by atomic mass is 9.78. The molecule has 0 radical (unpaired) electrons. The first-order chi connectivity index (χ1) is 18.7. The molecule has 1 atom stereocenters. The number of esters is 2. The van der Waals surface area contributed by atoms with Crippen molar-refractivity contribution in [1.29, 1.82) is 0 Å². The molecule has 0 amide bonds. The van der Waals surface area contributed by atoms with Crippen LogP contribution in [0.15, 0.2) is 48.5 Å². The van der Waals surface area contributed by atoms with Gasteiger partial charge in [-0.2, -0.15) is 0 Å². The second kappa shape index (κ2) is 14.7. The molecule has 8 nitrogen and oxygen atoms in total. The van der Waals surface area contributed by atoms with Crippen molar-refractivity contribution < 1.29 is 39.4 Å². The van der Waals surface area contributed by atoms with E-state index in [9.17, 15) is 9.59 Å². The second-order valence-corrected chi connectivity index (χ2v) is 12.4. The number of benzene rings is 2. The first kappa shape index (κ1) is 33.4. The Balaban J connectivity index is 1.68. The minimum absolute atomic E-state index is 0.0757. The Morgan fingerprint density at radius 1 is 0.700 bits per heavy atom. The van der Waals surface area contributed by atoms with Crippen LogP contribution >= 0.6 is 0 Å². The summed E-state index contributed by atoms with van der Waals surface area (Å²) < 4.78 is 10.9. The van der Waals surface area contributed by atoms with Crippen LogP contribution < -0.4 is 0 Å². The highest BCUT2D eigenvalue weighted by atomic mass is 17.1. The molecule has 2 aromatic carbocycles. The minimum atomic E-state index is -0.805. The van der Waals surface area contributed by atoms with Gasteiger partial charge in [0.15, 0.2) is 0 Å². The molecule has 0 bridgehead atoms. The molecule has 2 N–H and O–H groups in total. The Morgan fingerprint density at radius 2 is 1.10 bits per heavy atom. The van der Waals surface area contributed by atoms with Crippen LogP contribution in [0.3, 0.4) is 0 Å². The molecule has 0 fully saturated rings. The lowest BCUT2D eigenvalue weighted by molar-refractivity contribution is -0.318. The van der Waals surface area contributed by atoms with Crippen LogP contribution in [0.1, 0.15) is 103 Å². The van der Waals surface area contributed by atoms with Gasteiger partial charge in [0.05, 0.1) is 0 Å². The summed E-state index contributed by atoms with van der Waals surface area (Å²) in [7, 11) is 0. The zero-order valence-electron chi connectivity index (χ0n) is 25.0. The molecule has 8 heteroatoms. The van der Waals surface area contributed by atoms with Crippen LogP contribution in [-0.2, 0) is 53.3 Å². The van der Waals surface area contributed by atoms with Crippen molar-refractivity contribution in [2.24, 2.45) is 11.3 Å². The van der Waals surface area contributed by atoms with Crippen LogP contribution in [-0.4, -0.2) is 22.5 Å². The lowest BCUT2D eigenvalue weighted by Crippen LogP contribution is -2.20. The van der Waals surface area contributed by atoms with Crippen LogP contribution in [0.5, 0.6) is 0 Å². The summed E-state index contributed by atoms with van der Waals surface area (Å²) in [6.07, 6.45) is 2.94. The standard InChI is InChI=1S/C32H46O8/c1-23(8-17-28(33)37-21-24-9-13-26(14-10-24)31(4,5)39-35)20-30(2,3)19-18-29(34)38-22-25-11-15-27(16-12-25)32(6,7)40-36/h9-16,23,35-36H,8,17-22H2,1-7H3. The van der Waals surface area contributed by atoms with Gasteiger partial charge in [-0.1, -0.05) is 69.3 Å². The summed E-state index contributed by atoms with van der Waals surface area (Å²) in [6, 6.07) is 14.8. The van der Waals surface area contributed by atoms with E-state index in [2.05, 4.69) is 30.5 Å². The smallest absolute Gasteiger partial charge is 0.306 e. The number of carbonyl (C=O) groups is 2. The van der Waals surface area contributed by atoms with Gasteiger partial charge in [-0.3, -0.25) is 20.1 Å². The highest BCUT2D eigenvalue weighted by Gasteiger charge is 2.24. The topological polar surface area (TPSA) is 112 Å². The lowest BCUT2D eigenvalue weighted by Gasteiger charge is -2.27. The summed E-state index contributed by atoms with van der Waals surface area (Å²) in [6.45, 7) is 13.8. The van der Waals surface area contributed by atoms with Crippen LogP contribution in [0.2, 0.25) is 0 Å². The van der Waals surface area contributed by atoms with Gasteiger partial charge in [0.25, 0.3) is 0 Å². The van der Waals surface area contributed by atoms with Gasteiger partial charge in [0.2, 0.25) is 0 Å². The number of rotatable bonds is 16. The summed E-state index contributed by atoms with van der Waals surface area (Å²) in [5.74, 6) is -0.186. The highest BCUT2D eigenvalue weighted by Crippen LogP contribution is 2.33. The molecule has 0 aromatic heterocycles. The van der Waals surface area contributed by atoms with Crippen molar-refractivity contribution in [2.75, 3.05) is 0 Å². The van der Waals surface area contributed by atoms with E-state index >= 15 is 0 Å². The largest absolute Gasteiger partial charge is 0.461 e. The molecule has 2 rings (SSSR count). The molecule has 222 valence electrons. The van der Waals surface area contributed by atoms with Gasteiger partial charge in [0.1, 0.15) is 24.4 Å². The Kier molecular flexibility index (Phi) is 12.3. The minimum Gasteiger partial charge on any atom is -0.461 e. The molecular formula is C32H46O8. The van der Waals surface area contributed by atoms with Crippen molar-refractivity contribution in [3.63, 3.8) is 0 Å². The predicted molar refractivity (Wildman–Crippen MR) is 152 cm³/mol. The zero-order valence-corrected chi connectivity index (χ0v) is 25.0. The third-order valence-electron chi connectivity index (χ3n) is 7.30. The van der Waals surface area contributed by atoms with Crippen LogP contribution in [0, 0.1) is 11.3 Å². The van der Waals surface area contributed by atoms with Crippen molar-refractivity contribution in [1.82, 2.24) is 0 Å². The maximum absolute atomic E-state index is 12.4. The molecular weight excluding hydrogens is 512 g/mol. The molecule has 0 saturated heterocycles. The van der Waals surface area contributed by atoms with Gasteiger partial charge >= 0.3 is 11.9 Å². The van der Waals surface area contributed by atoms with Crippen molar-refractivity contribution in [3.8, 4) is 0 Å². The first-order valence-electron chi connectivity index (χ1n) is 13.8. The molecule has 0 saturated carbocycles. The molecule has 0 heterocycles. The van der Waals surface area contributed by atoms with Gasteiger partial charge in [-0.15, -0.1) is 0 Å². The van der Waals surface area contributed by atoms with E-state index in [1.165, 1.54) is 0 Å². The molecule has 2 aromatic rings. The monoisotopic (exact) mass is 558 g/mol. The van der Waals surface area contributed by atoms with Crippen molar-refractivity contribution >= 4 is 11.9 Å². The number of hydrogen-bond donors (Lipinski definition) is 2. The average Bonchev–Trinajstić information content (AvgIpc) is 2.93. The number of carbonyl (C=O) groups excluding carboxylic acids is 2. The van der Waals surface area contributed by atoms with E-state index in [1.54, 1.807) is 27.7 Å². The van der Waals surface area contributed by atoms with E-state index in [0.29, 0.717) is 31.6 Å². The van der Waals surface area contributed by atoms with Crippen LogP contribution in [0.4, 0.5) is 0 Å². The Labute approximate surface area is 238 Å². The summed E-state index contributed by atoms with van der Waals surface area (Å²) in [5, 5.41) is 18.0. The van der Waals surface area contributed by atoms with E-state index in [1.807, 2.05) is 48.5 Å². The summed E-state index contributed by atoms with van der Waals surface area (Å²) >= 11 is 0. The maximum atomic E-state index is 12.4. The molecule has 0 aliphatic heterocycles. The number of ether oxygens (including phenoxy) is 2. The SMILES string of the molecule is CC(CCC(=O)OCc1ccc(C(C)(C)OO)cc1)CC(C)(C)CCC(=O)OCc1ccc(C(C)(C)OO)cc1. The van der Waals surface area contributed by atoms with Gasteiger partial charge < -0.3 is 9.47 Å². The molecule has 0 spiro atoms. The van der Waals surface area contributed by atoms with Gasteiger partial charge in [-0.05, 0) is 80.5 Å². The Hall–Kier alpha value is -2.78. The van der Waals surface area contributed by atoms with Gasteiger partial charge in [0, 0.05) is 12.8 Å². The second-order valence-electron chi connectivity index (χ2n) is 12.4. The zero-order chi connectivity index (χ0) is 30.0.